The van der Waals surface area contributed by atoms with Gasteiger partial charge in [-0.3, -0.25) is 19.3 Å². The summed E-state index contributed by atoms with van der Waals surface area (Å²) in [5.74, 6) is -0.918. The van der Waals surface area contributed by atoms with Crippen LogP contribution in [0, 0.1) is 0 Å². The fraction of sp³-hybridized carbons (Fsp3) is 0.207. The van der Waals surface area contributed by atoms with E-state index in [-0.39, 0.29) is 35.4 Å². The third-order valence-corrected chi connectivity index (χ3v) is 5.87. The van der Waals surface area contributed by atoms with Gasteiger partial charge in [0, 0.05) is 18.3 Å². The Morgan fingerprint density at radius 3 is 1.97 bits per heavy atom. The molecule has 1 heterocycles. The molecule has 0 spiro atoms. The van der Waals surface area contributed by atoms with Crippen LogP contribution in [0.4, 0.5) is 11.4 Å². The lowest BCUT2D eigenvalue weighted by atomic mass is 9.87. The fourth-order valence-electron chi connectivity index (χ4n) is 3.99. The Morgan fingerprint density at radius 1 is 0.800 bits per heavy atom. The van der Waals surface area contributed by atoms with Crippen LogP contribution in [0.25, 0.3) is 5.57 Å². The fourth-order valence-corrected chi connectivity index (χ4v) is 3.99. The number of hydrogen-bond donors (Lipinski definition) is 2. The molecule has 3 aromatic rings. The molecule has 0 aliphatic carbocycles. The number of anilines is 2. The van der Waals surface area contributed by atoms with Crippen molar-refractivity contribution in [1.29, 1.82) is 0 Å². The molecule has 0 radical (unpaired) electrons. The molecule has 3 aromatic carbocycles. The van der Waals surface area contributed by atoms with Gasteiger partial charge in [-0.05, 0) is 46.4 Å². The van der Waals surface area contributed by atoms with E-state index in [1.807, 2.05) is 54.6 Å². The molecule has 0 saturated heterocycles. The van der Waals surface area contributed by atoms with E-state index in [1.54, 1.807) is 24.3 Å². The average molecular weight is 468 g/mol. The first-order chi connectivity index (χ1) is 16.6. The van der Waals surface area contributed by atoms with Crippen molar-refractivity contribution >= 4 is 34.7 Å². The van der Waals surface area contributed by atoms with E-state index in [0.29, 0.717) is 16.8 Å². The first-order valence-electron chi connectivity index (χ1n) is 11.5. The molecule has 35 heavy (non-hydrogen) atoms. The van der Waals surface area contributed by atoms with Crippen molar-refractivity contribution < 1.29 is 14.4 Å². The smallest absolute Gasteiger partial charge is 0.278 e. The van der Waals surface area contributed by atoms with Crippen molar-refractivity contribution in [3.05, 3.63) is 101 Å². The maximum atomic E-state index is 13.5. The molecule has 6 nitrogen and oxygen atoms in total. The summed E-state index contributed by atoms with van der Waals surface area (Å²) in [6, 6.07) is 24.2. The first-order valence-corrected chi connectivity index (χ1v) is 11.5. The zero-order valence-corrected chi connectivity index (χ0v) is 20.4. The summed E-state index contributed by atoms with van der Waals surface area (Å²) in [7, 11) is 0. The number of rotatable bonds is 6. The summed E-state index contributed by atoms with van der Waals surface area (Å²) < 4.78 is 0. The first kappa shape index (κ1) is 24.0. The van der Waals surface area contributed by atoms with Gasteiger partial charge in [-0.2, -0.15) is 0 Å². The number of carbonyl (C=O) groups excluding carboxylic acids is 3. The Balaban J connectivity index is 1.70. The standard InChI is InChI=1S/C29H29N3O3/c1-19(33)30-23-14-10-21(11-15-23)25-26(31-24-16-12-22(13-17-24)29(2,3)4)28(35)32(27(25)34)18-20-8-6-5-7-9-20/h5-17,31H,18H2,1-4H3,(H,30,33). The monoisotopic (exact) mass is 467 g/mol. The summed E-state index contributed by atoms with van der Waals surface area (Å²) in [6.45, 7) is 8.04. The highest BCUT2D eigenvalue weighted by Crippen LogP contribution is 2.33. The van der Waals surface area contributed by atoms with Gasteiger partial charge in [0.15, 0.2) is 0 Å². The van der Waals surface area contributed by atoms with Crippen molar-refractivity contribution in [2.75, 3.05) is 10.6 Å². The molecule has 2 N–H and O–H groups in total. The molecule has 0 unspecified atom stereocenters. The van der Waals surface area contributed by atoms with Crippen molar-refractivity contribution in [2.24, 2.45) is 0 Å². The maximum Gasteiger partial charge on any atom is 0.278 e. The van der Waals surface area contributed by atoms with Gasteiger partial charge in [0.1, 0.15) is 5.70 Å². The second kappa shape index (κ2) is 9.58. The van der Waals surface area contributed by atoms with Crippen LogP contribution in [0.1, 0.15) is 44.4 Å². The van der Waals surface area contributed by atoms with Crippen LogP contribution in [-0.2, 0) is 26.3 Å². The lowest BCUT2D eigenvalue weighted by Crippen LogP contribution is -2.32. The van der Waals surface area contributed by atoms with Gasteiger partial charge in [-0.15, -0.1) is 0 Å². The molecule has 1 aliphatic heterocycles. The van der Waals surface area contributed by atoms with Crippen LogP contribution in [0.3, 0.4) is 0 Å². The van der Waals surface area contributed by atoms with Gasteiger partial charge < -0.3 is 10.6 Å². The van der Waals surface area contributed by atoms with Gasteiger partial charge in [0.25, 0.3) is 11.8 Å². The summed E-state index contributed by atoms with van der Waals surface area (Å²) in [4.78, 5) is 39.6. The number of nitrogens with zero attached hydrogens (tertiary/aromatic N) is 1. The highest BCUT2D eigenvalue weighted by Gasteiger charge is 2.39. The lowest BCUT2D eigenvalue weighted by Gasteiger charge is -2.19. The number of imide groups is 1. The zero-order chi connectivity index (χ0) is 25.2. The highest BCUT2D eigenvalue weighted by atomic mass is 16.2. The van der Waals surface area contributed by atoms with Gasteiger partial charge in [0.2, 0.25) is 5.91 Å². The molecule has 0 atom stereocenters. The van der Waals surface area contributed by atoms with Gasteiger partial charge in [-0.25, -0.2) is 0 Å². The Kier molecular flexibility index (Phi) is 6.56. The minimum Gasteiger partial charge on any atom is -0.350 e. The lowest BCUT2D eigenvalue weighted by molar-refractivity contribution is -0.137. The van der Waals surface area contributed by atoms with Crippen LogP contribution >= 0.6 is 0 Å². The second-order valence-corrected chi connectivity index (χ2v) is 9.64. The molecule has 0 fully saturated rings. The van der Waals surface area contributed by atoms with Crippen LogP contribution in [-0.4, -0.2) is 22.6 Å². The van der Waals surface area contributed by atoms with E-state index in [9.17, 15) is 14.4 Å². The van der Waals surface area contributed by atoms with Crippen molar-refractivity contribution in [1.82, 2.24) is 4.90 Å². The van der Waals surface area contributed by atoms with E-state index >= 15 is 0 Å². The van der Waals surface area contributed by atoms with Gasteiger partial charge in [-0.1, -0.05) is 75.4 Å². The number of amides is 3. The molecule has 0 saturated carbocycles. The summed E-state index contributed by atoms with van der Waals surface area (Å²) in [5.41, 5.74) is 4.53. The van der Waals surface area contributed by atoms with Crippen molar-refractivity contribution in [2.45, 2.75) is 39.7 Å². The van der Waals surface area contributed by atoms with Gasteiger partial charge in [0.05, 0.1) is 12.1 Å². The van der Waals surface area contributed by atoms with Crippen molar-refractivity contribution in [3.63, 3.8) is 0 Å². The SMILES string of the molecule is CC(=O)Nc1ccc(C2=C(Nc3ccc(C(C)(C)C)cc3)C(=O)N(Cc3ccccc3)C2=O)cc1. The Bertz CT molecular complexity index is 1290. The average Bonchev–Trinajstić information content (AvgIpc) is 3.04. The van der Waals surface area contributed by atoms with Gasteiger partial charge >= 0.3 is 0 Å². The minimum atomic E-state index is -0.375. The Morgan fingerprint density at radius 2 is 1.40 bits per heavy atom. The highest BCUT2D eigenvalue weighted by molar-refractivity contribution is 6.36. The Labute approximate surface area is 205 Å². The molecule has 3 amide bonds. The van der Waals surface area contributed by atoms with E-state index in [0.717, 1.165) is 11.3 Å². The summed E-state index contributed by atoms with van der Waals surface area (Å²) in [6.07, 6.45) is 0. The number of carbonyl (C=O) groups is 3. The number of nitrogens with one attached hydrogen (secondary N) is 2. The molecule has 6 heteroatoms. The van der Waals surface area contributed by atoms with Crippen LogP contribution in [0.2, 0.25) is 0 Å². The molecule has 1 aliphatic rings. The predicted octanol–water partition coefficient (Wildman–Crippen LogP) is 5.33. The third-order valence-electron chi connectivity index (χ3n) is 5.87. The van der Waals surface area contributed by atoms with E-state index in [1.165, 1.54) is 17.4 Å². The van der Waals surface area contributed by atoms with E-state index in [4.69, 9.17) is 0 Å². The molecule has 0 bridgehead atoms. The predicted molar refractivity (Wildman–Crippen MR) is 138 cm³/mol. The molecular weight excluding hydrogens is 438 g/mol. The topological polar surface area (TPSA) is 78.5 Å². The van der Waals surface area contributed by atoms with Crippen LogP contribution < -0.4 is 10.6 Å². The molecular formula is C29H29N3O3. The van der Waals surface area contributed by atoms with Crippen LogP contribution in [0.15, 0.2) is 84.6 Å². The summed E-state index contributed by atoms with van der Waals surface area (Å²) >= 11 is 0. The number of hydrogen-bond acceptors (Lipinski definition) is 4. The van der Waals surface area contributed by atoms with E-state index in [2.05, 4.69) is 31.4 Å². The third kappa shape index (κ3) is 5.32. The largest absolute Gasteiger partial charge is 0.350 e. The van der Waals surface area contributed by atoms with Crippen molar-refractivity contribution in [3.8, 4) is 0 Å². The molecule has 178 valence electrons. The molecule has 4 rings (SSSR count). The second-order valence-electron chi connectivity index (χ2n) is 9.64. The maximum absolute atomic E-state index is 13.5. The van der Waals surface area contributed by atoms with E-state index < -0.39 is 0 Å². The van der Waals surface area contributed by atoms with Crippen LogP contribution in [0.5, 0.6) is 0 Å². The quantitative estimate of drug-likeness (QED) is 0.480. The summed E-state index contributed by atoms with van der Waals surface area (Å²) in [5, 5.41) is 5.93. The minimum absolute atomic E-state index is 0.00420. The Hall–Kier alpha value is -4.19. The zero-order valence-electron chi connectivity index (χ0n) is 20.4. The number of benzene rings is 3. The normalized spacial score (nSPS) is 13.9. The molecule has 0 aromatic heterocycles.